The normalized spacial score (nSPS) is 16.8. The Hall–Kier alpha value is -0.530. The quantitative estimate of drug-likeness (QED) is 0.491. The fraction of sp³-hybridized carbons (Fsp3) is 0.933. The van der Waals surface area contributed by atoms with E-state index < -0.39 is 0 Å². The first-order valence-electron chi connectivity index (χ1n) is 7.12. The zero-order valence-electron chi connectivity index (χ0n) is 12.9. The molecular formula is C15H32N2. The van der Waals surface area contributed by atoms with E-state index >= 15 is 0 Å². The van der Waals surface area contributed by atoms with Crippen LogP contribution in [0.3, 0.4) is 0 Å². The lowest BCUT2D eigenvalue weighted by atomic mass is 9.79. The summed E-state index contributed by atoms with van der Waals surface area (Å²) in [5, 5.41) is 4.51. The van der Waals surface area contributed by atoms with Gasteiger partial charge in [-0.1, -0.05) is 54.4 Å². The van der Waals surface area contributed by atoms with Crippen molar-refractivity contribution in [2.45, 2.75) is 67.7 Å². The van der Waals surface area contributed by atoms with Crippen molar-refractivity contribution in [3.05, 3.63) is 0 Å². The molecule has 2 nitrogen and oxygen atoms in total. The lowest BCUT2D eigenvalue weighted by Gasteiger charge is -2.30. The molecule has 0 saturated carbocycles. The number of nitrogens with one attached hydrogen (secondary N) is 1. The van der Waals surface area contributed by atoms with Gasteiger partial charge in [0, 0.05) is 12.3 Å². The van der Waals surface area contributed by atoms with Gasteiger partial charge in [0.1, 0.15) is 0 Å². The van der Waals surface area contributed by atoms with Gasteiger partial charge in [0.2, 0.25) is 0 Å². The summed E-state index contributed by atoms with van der Waals surface area (Å²) in [6.45, 7) is 16.8. The van der Waals surface area contributed by atoms with Crippen LogP contribution >= 0.6 is 0 Å². The van der Waals surface area contributed by atoms with Gasteiger partial charge in [-0.15, -0.1) is 0 Å². The Morgan fingerprint density at radius 3 is 2.29 bits per heavy atom. The second kappa shape index (κ2) is 7.73. The van der Waals surface area contributed by atoms with Gasteiger partial charge in [-0.3, -0.25) is 0 Å². The van der Waals surface area contributed by atoms with Crippen molar-refractivity contribution in [1.82, 2.24) is 5.43 Å². The molecule has 0 aliphatic heterocycles. The van der Waals surface area contributed by atoms with Gasteiger partial charge in [0.15, 0.2) is 0 Å². The fourth-order valence-corrected chi connectivity index (χ4v) is 1.85. The highest BCUT2D eigenvalue weighted by molar-refractivity contribution is 5.83. The van der Waals surface area contributed by atoms with E-state index in [0.717, 1.165) is 12.5 Å². The van der Waals surface area contributed by atoms with Gasteiger partial charge in [-0.2, -0.15) is 5.10 Å². The Morgan fingerprint density at radius 1 is 1.24 bits per heavy atom. The zero-order chi connectivity index (χ0) is 13.5. The van der Waals surface area contributed by atoms with Gasteiger partial charge < -0.3 is 5.43 Å². The molecule has 0 bridgehead atoms. The Kier molecular flexibility index (Phi) is 7.49. The lowest BCUT2D eigenvalue weighted by molar-refractivity contribution is 0.216. The van der Waals surface area contributed by atoms with E-state index in [0.29, 0.717) is 11.3 Å². The van der Waals surface area contributed by atoms with Crippen molar-refractivity contribution in [2.24, 2.45) is 22.4 Å². The standard InChI is InChI=1S/C15H32N2/c1-8-10-12(3)14(5)17-16-11-15(6,7)13(4)9-2/h12-13,16H,8-11H2,1-7H3/b17-14+. The largest absolute Gasteiger partial charge is 0.310 e. The molecule has 102 valence electrons. The number of nitrogens with zero attached hydrogens (tertiary/aromatic N) is 1. The molecule has 0 aliphatic carbocycles. The molecule has 0 spiro atoms. The molecule has 0 aliphatic rings. The van der Waals surface area contributed by atoms with Gasteiger partial charge in [0.05, 0.1) is 0 Å². The molecule has 0 rings (SSSR count). The maximum atomic E-state index is 4.51. The van der Waals surface area contributed by atoms with E-state index in [-0.39, 0.29) is 0 Å². The molecule has 2 heteroatoms. The minimum atomic E-state index is 0.312. The summed E-state index contributed by atoms with van der Waals surface area (Å²) in [4.78, 5) is 0. The smallest absolute Gasteiger partial charge is 0.0383 e. The first kappa shape index (κ1) is 16.5. The minimum absolute atomic E-state index is 0.312. The Bertz CT molecular complexity index is 231. The summed E-state index contributed by atoms with van der Waals surface area (Å²) < 4.78 is 0. The van der Waals surface area contributed by atoms with E-state index in [1.54, 1.807) is 0 Å². The van der Waals surface area contributed by atoms with Crippen molar-refractivity contribution in [3.63, 3.8) is 0 Å². The molecule has 0 aromatic heterocycles. The van der Waals surface area contributed by atoms with Crippen molar-refractivity contribution in [3.8, 4) is 0 Å². The minimum Gasteiger partial charge on any atom is -0.310 e. The highest BCUT2D eigenvalue weighted by Gasteiger charge is 2.23. The van der Waals surface area contributed by atoms with Crippen molar-refractivity contribution in [2.75, 3.05) is 6.54 Å². The topological polar surface area (TPSA) is 24.4 Å². The third-order valence-electron chi connectivity index (χ3n) is 4.17. The van der Waals surface area contributed by atoms with Crippen LogP contribution < -0.4 is 5.43 Å². The Labute approximate surface area is 108 Å². The van der Waals surface area contributed by atoms with Crippen LogP contribution in [-0.2, 0) is 0 Å². The summed E-state index contributed by atoms with van der Waals surface area (Å²) in [6, 6.07) is 0. The summed E-state index contributed by atoms with van der Waals surface area (Å²) in [7, 11) is 0. The van der Waals surface area contributed by atoms with E-state index in [1.807, 2.05) is 0 Å². The molecule has 1 N–H and O–H groups in total. The van der Waals surface area contributed by atoms with E-state index in [2.05, 4.69) is 59.0 Å². The number of hydrazone groups is 1. The SMILES string of the molecule is CCCC(C)/C(C)=N/NCC(C)(C)C(C)CC. The fourth-order valence-electron chi connectivity index (χ4n) is 1.85. The van der Waals surface area contributed by atoms with Crippen molar-refractivity contribution in [1.29, 1.82) is 0 Å². The van der Waals surface area contributed by atoms with E-state index in [9.17, 15) is 0 Å². The summed E-state index contributed by atoms with van der Waals surface area (Å²) in [5.41, 5.74) is 4.81. The van der Waals surface area contributed by atoms with Crippen LogP contribution in [0.1, 0.15) is 67.7 Å². The van der Waals surface area contributed by atoms with Gasteiger partial charge in [0.25, 0.3) is 0 Å². The second-order valence-electron chi connectivity index (χ2n) is 6.08. The van der Waals surface area contributed by atoms with E-state index in [4.69, 9.17) is 0 Å². The Morgan fingerprint density at radius 2 is 1.82 bits per heavy atom. The third kappa shape index (κ3) is 6.09. The van der Waals surface area contributed by atoms with Crippen molar-refractivity contribution >= 4 is 5.71 Å². The summed E-state index contributed by atoms with van der Waals surface area (Å²) >= 11 is 0. The predicted molar refractivity (Wildman–Crippen MR) is 78.4 cm³/mol. The molecule has 0 saturated heterocycles. The molecule has 0 aromatic carbocycles. The zero-order valence-corrected chi connectivity index (χ0v) is 12.9. The first-order chi connectivity index (χ1) is 7.85. The van der Waals surface area contributed by atoms with Gasteiger partial charge in [-0.05, 0) is 30.6 Å². The summed E-state index contributed by atoms with van der Waals surface area (Å²) in [6.07, 6.45) is 3.68. The second-order valence-corrected chi connectivity index (χ2v) is 6.08. The number of hydrogen-bond acceptors (Lipinski definition) is 2. The predicted octanol–water partition coefficient (Wildman–Crippen LogP) is 4.46. The highest BCUT2D eigenvalue weighted by Crippen LogP contribution is 2.27. The van der Waals surface area contributed by atoms with Crippen LogP contribution in [0.25, 0.3) is 0 Å². The monoisotopic (exact) mass is 240 g/mol. The van der Waals surface area contributed by atoms with Gasteiger partial charge in [-0.25, -0.2) is 0 Å². The van der Waals surface area contributed by atoms with E-state index in [1.165, 1.54) is 25.0 Å². The highest BCUT2D eigenvalue weighted by atomic mass is 15.3. The number of hydrogen-bond donors (Lipinski definition) is 1. The van der Waals surface area contributed by atoms with Crippen molar-refractivity contribution < 1.29 is 0 Å². The molecule has 0 aromatic rings. The maximum Gasteiger partial charge on any atom is 0.0383 e. The van der Waals surface area contributed by atoms with Crippen LogP contribution in [0.5, 0.6) is 0 Å². The molecule has 2 atom stereocenters. The average molecular weight is 240 g/mol. The molecule has 0 radical (unpaired) electrons. The van der Waals surface area contributed by atoms with Crippen LogP contribution in [0.2, 0.25) is 0 Å². The molecule has 0 heterocycles. The first-order valence-corrected chi connectivity index (χ1v) is 7.12. The van der Waals surface area contributed by atoms with Crippen LogP contribution in [0.15, 0.2) is 5.10 Å². The maximum absolute atomic E-state index is 4.51. The number of rotatable bonds is 8. The average Bonchev–Trinajstić information content (AvgIpc) is 2.27. The van der Waals surface area contributed by atoms with Gasteiger partial charge >= 0.3 is 0 Å². The molecule has 0 amide bonds. The molecule has 0 fully saturated rings. The van der Waals surface area contributed by atoms with Crippen LogP contribution in [-0.4, -0.2) is 12.3 Å². The molecular weight excluding hydrogens is 208 g/mol. The van der Waals surface area contributed by atoms with Crippen LogP contribution in [0, 0.1) is 17.3 Å². The molecule has 17 heavy (non-hydrogen) atoms. The third-order valence-corrected chi connectivity index (χ3v) is 4.17. The van der Waals surface area contributed by atoms with Crippen LogP contribution in [0.4, 0.5) is 0 Å². The molecule has 2 unspecified atom stereocenters. The Balaban J connectivity index is 4.16. The summed E-state index contributed by atoms with van der Waals surface area (Å²) in [5.74, 6) is 1.32. The lowest BCUT2D eigenvalue weighted by Crippen LogP contribution is -2.32.